The molecule has 0 radical (unpaired) electrons. The summed E-state index contributed by atoms with van der Waals surface area (Å²) in [7, 11) is 0. The molecule has 0 unspecified atom stereocenters. The van der Waals surface area contributed by atoms with Crippen LogP contribution in [-0.4, -0.2) is 29.2 Å². The molecule has 0 atom stereocenters. The monoisotopic (exact) mass is 259 g/mol. The Labute approximate surface area is 106 Å². The summed E-state index contributed by atoms with van der Waals surface area (Å²) in [6.45, 7) is 2.27. The van der Waals surface area contributed by atoms with Crippen molar-refractivity contribution in [3.8, 4) is 0 Å². The second-order valence-corrected chi connectivity index (χ2v) is 6.14. The second kappa shape index (κ2) is 6.01. The Balaban J connectivity index is 1.90. The van der Waals surface area contributed by atoms with E-state index in [1.807, 2.05) is 6.07 Å². The van der Waals surface area contributed by atoms with Crippen molar-refractivity contribution < 1.29 is 5.11 Å². The molecule has 1 fully saturated rings. The van der Waals surface area contributed by atoms with Gasteiger partial charge in [-0.3, -0.25) is 4.90 Å². The minimum atomic E-state index is 0.286. The van der Waals surface area contributed by atoms with E-state index in [2.05, 4.69) is 11.0 Å². The smallest absolute Gasteiger partial charge is 0.0931 e. The van der Waals surface area contributed by atoms with Crippen LogP contribution in [0.25, 0.3) is 0 Å². The number of halogens is 1. The van der Waals surface area contributed by atoms with E-state index in [1.54, 1.807) is 11.3 Å². The Morgan fingerprint density at radius 3 is 2.75 bits per heavy atom. The predicted octanol–water partition coefficient (Wildman–Crippen LogP) is 3.14. The Morgan fingerprint density at radius 1 is 1.44 bits per heavy atom. The number of nitrogens with zero attached hydrogens (tertiary/aromatic N) is 1. The summed E-state index contributed by atoms with van der Waals surface area (Å²) >= 11 is 7.60. The molecule has 2 rings (SSSR count). The van der Waals surface area contributed by atoms with Crippen molar-refractivity contribution >= 4 is 22.9 Å². The molecule has 1 saturated carbocycles. The summed E-state index contributed by atoms with van der Waals surface area (Å²) in [5.74, 6) is 0. The average Bonchev–Trinajstić information content (AvgIpc) is 2.58. The molecule has 0 aromatic carbocycles. The zero-order chi connectivity index (χ0) is 11.4. The van der Waals surface area contributed by atoms with E-state index in [1.165, 1.54) is 24.1 Å². The molecule has 0 spiro atoms. The molecule has 2 nitrogen and oxygen atoms in total. The van der Waals surface area contributed by atoms with Crippen LogP contribution >= 0.6 is 22.9 Å². The fraction of sp³-hybridized carbons (Fsp3) is 0.667. The molecule has 1 aromatic heterocycles. The van der Waals surface area contributed by atoms with E-state index in [4.69, 9.17) is 16.7 Å². The van der Waals surface area contributed by atoms with Crippen molar-refractivity contribution in [1.82, 2.24) is 4.90 Å². The maximum atomic E-state index is 8.91. The Morgan fingerprint density at radius 2 is 2.25 bits per heavy atom. The highest BCUT2D eigenvalue weighted by atomic mass is 35.5. The van der Waals surface area contributed by atoms with E-state index in [0.717, 1.165) is 29.9 Å². The molecule has 16 heavy (non-hydrogen) atoms. The normalized spacial score (nSPS) is 16.7. The number of aliphatic hydroxyl groups is 1. The van der Waals surface area contributed by atoms with Crippen molar-refractivity contribution in [2.75, 3.05) is 13.2 Å². The zero-order valence-electron chi connectivity index (χ0n) is 9.36. The van der Waals surface area contributed by atoms with Crippen LogP contribution in [0.2, 0.25) is 4.34 Å². The topological polar surface area (TPSA) is 23.5 Å². The first-order valence-electron chi connectivity index (χ1n) is 5.88. The van der Waals surface area contributed by atoms with E-state index in [-0.39, 0.29) is 6.61 Å². The van der Waals surface area contributed by atoms with Crippen LogP contribution in [0.4, 0.5) is 0 Å². The predicted molar refractivity (Wildman–Crippen MR) is 69.1 cm³/mol. The van der Waals surface area contributed by atoms with Gasteiger partial charge in [-0.1, -0.05) is 18.0 Å². The number of aliphatic hydroxyl groups excluding tert-OH is 1. The lowest BCUT2D eigenvalue weighted by Gasteiger charge is -2.37. The van der Waals surface area contributed by atoms with Gasteiger partial charge in [0.15, 0.2) is 0 Å². The molecular formula is C12H18ClNOS. The Hall–Kier alpha value is -0.0900. The fourth-order valence-electron chi connectivity index (χ4n) is 2.05. The van der Waals surface area contributed by atoms with E-state index in [0.29, 0.717) is 0 Å². The van der Waals surface area contributed by atoms with Gasteiger partial charge in [0.05, 0.1) is 4.34 Å². The van der Waals surface area contributed by atoms with Crippen molar-refractivity contribution in [3.63, 3.8) is 0 Å². The van der Waals surface area contributed by atoms with E-state index < -0.39 is 0 Å². The van der Waals surface area contributed by atoms with Crippen LogP contribution in [0.1, 0.15) is 30.6 Å². The zero-order valence-corrected chi connectivity index (χ0v) is 10.9. The van der Waals surface area contributed by atoms with Gasteiger partial charge in [0, 0.05) is 30.6 Å². The number of hydrogen-bond donors (Lipinski definition) is 1. The summed E-state index contributed by atoms with van der Waals surface area (Å²) in [6.07, 6.45) is 4.84. The van der Waals surface area contributed by atoms with Gasteiger partial charge in [0.25, 0.3) is 0 Å². The number of rotatable bonds is 6. The molecule has 0 bridgehead atoms. The van der Waals surface area contributed by atoms with Gasteiger partial charge in [-0.25, -0.2) is 0 Å². The molecular weight excluding hydrogens is 242 g/mol. The molecule has 1 N–H and O–H groups in total. The lowest BCUT2D eigenvalue weighted by molar-refractivity contribution is 0.110. The highest BCUT2D eigenvalue weighted by Gasteiger charge is 2.24. The summed E-state index contributed by atoms with van der Waals surface area (Å²) in [5.41, 5.74) is 0. The summed E-state index contributed by atoms with van der Waals surface area (Å²) in [5, 5.41) is 8.91. The van der Waals surface area contributed by atoms with Gasteiger partial charge < -0.3 is 5.11 Å². The third kappa shape index (κ3) is 3.20. The molecule has 90 valence electrons. The van der Waals surface area contributed by atoms with E-state index >= 15 is 0 Å². The highest BCUT2D eigenvalue weighted by molar-refractivity contribution is 7.16. The molecule has 1 aliphatic carbocycles. The third-order valence-electron chi connectivity index (χ3n) is 3.18. The highest BCUT2D eigenvalue weighted by Crippen LogP contribution is 2.29. The lowest BCUT2D eigenvalue weighted by atomic mass is 9.91. The van der Waals surface area contributed by atoms with Crippen LogP contribution in [0, 0.1) is 0 Å². The van der Waals surface area contributed by atoms with Gasteiger partial charge in [-0.05, 0) is 31.4 Å². The van der Waals surface area contributed by atoms with Crippen molar-refractivity contribution in [2.24, 2.45) is 0 Å². The summed E-state index contributed by atoms with van der Waals surface area (Å²) in [4.78, 5) is 3.82. The largest absolute Gasteiger partial charge is 0.396 e. The Bertz CT molecular complexity index is 325. The molecule has 1 heterocycles. The van der Waals surface area contributed by atoms with Gasteiger partial charge in [-0.2, -0.15) is 0 Å². The van der Waals surface area contributed by atoms with Crippen LogP contribution in [0.3, 0.4) is 0 Å². The number of hydrogen-bond acceptors (Lipinski definition) is 3. The van der Waals surface area contributed by atoms with Gasteiger partial charge in [-0.15, -0.1) is 11.3 Å². The summed E-state index contributed by atoms with van der Waals surface area (Å²) < 4.78 is 0.866. The van der Waals surface area contributed by atoms with Gasteiger partial charge in [0.2, 0.25) is 0 Å². The SMILES string of the molecule is OCCCN(Cc1ccc(Cl)s1)C1CCC1. The molecule has 1 aromatic rings. The third-order valence-corrected chi connectivity index (χ3v) is 4.40. The first-order chi connectivity index (χ1) is 7.79. The molecule has 4 heteroatoms. The van der Waals surface area contributed by atoms with Crippen LogP contribution in [0.5, 0.6) is 0 Å². The minimum absolute atomic E-state index is 0.286. The van der Waals surface area contributed by atoms with Crippen molar-refractivity contribution in [1.29, 1.82) is 0 Å². The average molecular weight is 260 g/mol. The maximum Gasteiger partial charge on any atom is 0.0931 e. The van der Waals surface area contributed by atoms with Crippen LogP contribution in [0.15, 0.2) is 12.1 Å². The van der Waals surface area contributed by atoms with Gasteiger partial charge >= 0.3 is 0 Å². The minimum Gasteiger partial charge on any atom is -0.396 e. The summed E-state index contributed by atoms with van der Waals surface area (Å²) in [6, 6.07) is 4.80. The van der Waals surface area contributed by atoms with Crippen LogP contribution in [-0.2, 0) is 6.54 Å². The molecule has 0 amide bonds. The first kappa shape index (κ1) is 12.4. The Kier molecular flexibility index (Phi) is 4.65. The lowest BCUT2D eigenvalue weighted by Crippen LogP contribution is -2.40. The molecule has 1 aliphatic rings. The van der Waals surface area contributed by atoms with Crippen molar-refractivity contribution in [2.45, 2.75) is 38.3 Å². The molecule has 0 saturated heterocycles. The maximum absolute atomic E-state index is 8.91. The quantitative estimate of drug-likeness (QED) is 0.849. The van der Waals surface area contributed by atoms with Crippen LogP contribution < -0.4 is 0 Å². The first-order valence-corrected chi connectivity index (χ1v) is 7.08. The second-order valence-electron chi connectivity index (χ2n) is 4.34. The number of thiophene rings is 1. The fourth-order valence-corrected chi connectivity index (χ4v) is 3.17. The molecule has 0 aliphatic heterocycles. The van der Waals surface area contributed by atoms with Crippen molar-refractivity contribution in [3.05, 3.63) is 21.3 Å². The van der Waals surface area contributed by atoms with Gasteiger partial charge in [0.1, 0.15) is 0 Å². The van der Waals surface area contributed by atoms with E-state index in [9.17, 15) is 0 Å². The standard InChI is InChI=1S/C12H18ClNOS/c13-12-6-5-11(16-12)9-14(7-2-8-15)10-3-1-4-10/h5-6,10,15H,1-4,7-9H2.